The number of nitrogens with one attached hydrogen (secondary N) is 1. The summed E-state index contributed by atoms with van der Waals surface area (Å²) in [6, 6.07) is 8.96. The SMILES string of the molecule is CC(C)OC1CCC(C(=O)N2Cc3cc(B4OC(C)(C)C(C)(C)O4)cnc3Nc3ccc(N4C[C@@H]5CC[C@H]4CO5)cc32)CC1. The number of amides is 1. The monoisotopic (exact) mass is 602 g/mol. The van der Waals surface area contributed by atoms with Gasteiger partial charge in [0, 0.05) is 35.4 Å². The topological polar surface area (TPSA) is 85.4 Å². The Labute approximate surface area is 262 Å². The third-order valence-corrected chi connectivity index (χ3v) is 10.6. The number of pyridine rings is 1. The van der Waals surface area contributed by atoms with Crippen molar-refractivity contribution < 1.29 is 23.6 Å². The third kappa shape index (κ3) is 5.52. The first-order chi connectivity index (χ1) is 21.0. The van der Waals surface area contributed by atoms with Crippen LogP contribution in [0.25, 0.3) is 0 Å². The summed E-state index contributed by atoms with van der Waals surface area (Å²) in [5.74, 6) is 0.887. The van der Waals surface area contributed by atoms with Gasteiger partial charge in [-0.2, -0.15) is 0 Å². The van der Waals surface area contributed by atoms with Crippen LogP contribution in [0.4, 0.5) is 22.9 Å². The van der Waals surface area contributed by atoms with Gasteiger partial charge in [-0.3, -0.25) is 4.79 Å². The summed E-state index contributed by atoms with van der Waals surface area (Å²) in [5.41, 5.74) is 3.86. The van der Waals surface area contributed by atoms with Gasteiger partial charge in [0.25, 0.3) is 0 Å². The zero-order valence-corrected chi connectivity index (χ0v) is 27.1. The summed E-state index contributed by atoms with van der Waals surface area (Å²) in [6.45, 7) is 14.5. The highest BCUT2D eigenvalue weighted by Gasteiger charge is 2.52. The van der Waals surface area contributed by atoms with Crippen LogP contribution in [0.3, 0.4) is 0 Å². The van der Waals surface area contributed by atoms with Crippen LogP contribution in [0, 0.1) is 5.92 Å². The first-order valence-corrected chi connectivity index (χ1v) is 16.6. The van der Waals surface area contributed by atoms with Crippen LogP contribution in [0.5, 0.6) is 0 Å². The molecule has 0 spiro atoms. The van der Waals surface area contributed by atoms with Gasteiger partial charge in [-0.1, -0.05) is 6.07 Å². The lowest BCUT2D eigenvalue weighted by atomic mass is 9.79. The summed E-state index contributed by atoms with van der Waals surface area (Å²) in [5, 5.41) is 3.58. The summed E-state index contributed by atoms with van der Waals surface area (Å²) in [7, 11) is -0.521. The molecule has 1 aromatic carbocycles. The molecule has 0 unspecified atom stereocenters. The largest absolute Gasteiger partial charge is 0.496 e. The van der Waals surface area contributed by atoms with Crippen molar-refractivity contribution in [3.05, 3.63) is 36.0 Å². The molecule has 1 saturated carbocycles. The zero-order valence-electron chi connectivity index (χ0n) is 27.1. The maximum absolute atomic E-state index is 14.5. The number of rotatable bonds is 5. The lowest BCUT2D eigenvalue weighted by molar-refractivity contribution is -0.124. The number of benzene rings is 1. The minimum Gasteiger partial charge on any atom is -0.399 e. The number of fused-ring (bicyclic) bond motifs is 5. The quantitative estimate of drug-likeness (QED) is 0.461. The summed E-state index contributed by atoms with van der Waals surface area (Å²) < 4.78 is 24.8. The fourth-order valence-corrected chi connectivity index (χ4v) is 7.40. The molecule has 2 atom stereocenters. The molecule has 4 saturated heterocycles. The van der Waals surface area contributed by atoms with Gasteiger partial charge in [-0.15, -0.1) is 0 Å². The molecule has 6 aliphatic rings. The number of aromatic nitrogens is 1. The second-order valence-corrected chi connectivity index (χ2v) is 14.6. The molecular formula is C34H47BN4O5. The summed E-state index contributed by atoms with van der Waals surface area (Å²) >= 11 is 0. The van der Waals surface area contributed by atoms with E-state index in [0.29, 0.717) is 12.6 Å². The van der Waals surface area contributed by atoms with Gasteiger partial charge in [-0.05, 0) is 98.3 Å². The Hall–Kier alpha value is -2.66. The molecule has 0 radical (unpaired) electrons. The molecule has 5 fully saturated rings. The first kappa shape index (κ1) is 30.0. The average Bonchev–Trinajstić information content (AvgIpc) is 3.12. The number of hydrogen-bond acceptors (Lipinski definition) is 8. The number of carbonyl (C=O) groups excluding carboxylic acids is 1. The normalized spacial score (nSPS) is 28.8. The van der Waals surface area contributed by atoms with Crippen LogP contribution in [0.1, 0.15) is 85.6 Å². The molecule has 2 bridgehead atoms. The number of hydrogen-bond donors (Lipinski definition) is 1. The van der Waals surface area contributed by atoms with Crippen LogP contribution in [0.15, 0.2) is 30.5 Å². The predicted octanol–water partition coefficient (Wildman–Crippen LogP) is 5.32. The molecular weight excluding hydrogens is 555 g/mol. The van der Waals surface area contributed by atoms with E-state index in [4.69, 9.17) is 23.8 Å². The van der Waals surface area contributed by atoms with Crippen molar-refractivity contribution in [3.8, 4) is 0 Å². The fraction of sp³-hybridized carbons (Fsp3) is 0.647. The van der Waals surface area contributed by atoms with Crippen molar-refractivity contribution in [1.82, 2.24) is 4.98 Å². The van der Waals surface area contributed by atoms with E-state index in [1.165, 1.54) is 0 Å². The Morgan fingerprint density at radius 1 is 1.05 bits per heavy atom. The van der Waals surface area contributed by atoms with Crippen molar-refractivity contribution in [1.29, 1.82) is 0 Å². The van der Waals surface area contributed by atoms with Gasteiger partial charge in [0.2, 0.25) is 5.91 Å². The number of piperidine rings is 1. The second kappa shape index (κ2) is 11.3. The van der Waals surface area contributed by atoms with E-state index in [2.05, 4.69) is 76.0 Å². The van der Waals surface area contributed by atoms with Crippen molar-refractivity contribution in [2.45, 2.75) is 122 Å². The van der Waals surface area contributed by atoms with Gasteiger partial charge < -0.3 is 33.9 Å². The van der Waals surface area contributed by atoms with Crippen LogP contribution in [0.2, 0.25) is 0 Å². The maximum atomic E-state index is 14.5. The standard InChI is InChI=1S/C34H47BN4O5/c1-21(2)42-27-11-7-22(8-12-27)32(40)39-18-23-15-24(35-43-33(3,4)34(5,6)44-35)17-36-31(23)37-29-14-10-25(16-30(29)39)38-19-28-13-9-26(38)20-41-28/h10,14-17,21-22,26-28H,7-9,11-13,18-20H2,1-6H3,(H,36,37)/t22?,26-,27?,28-/m0/s1. The number of ether oxygens (including phenoxy) is 2. The zero-order chi connectivity index (χ0) is 30.8. The number of anilines is 4. The molecule has 236 valence electrons. The van der Waals surface area contributed by atoms with Crippen LogP contribution in [-0.2, 0) is 30.1 Å². The Kier molecular flexibility index (Phi) is 7.71. The van der Waals surface area contributed by atoms with E-state index in [1.807, 2.05) is 11.1 Å². The van der Waals surface area contributed by atoms with E-state index in [0.717, 1.165) is 85.6 Å². The number of morpholine rings is 1. The Morgan fingerprint density at radius 2 is 1.80 bits per heavy atom. The fourth-order valence-electron chi connectivity index (χ4n) is 7.40. The van der Waals surface area contributed by atoms with Crippen molar-refractivity contribution >= 4 is 41.4 Å². The highest BCUT2D eigenvalue weighted by Crippen LogP contribution is 2.42. The van der Waals surface area contributed by atoms with Crippen molar-refractivity contribution in [2.24, 2.45) is 5.92 Å². The molecule has 10 heteroatoms. The highest BCUT2D eigenvalue weighted by molar-refractivity contribution is 6.62. The maximum Gasteiger partial charge on any atom is 0.496 e. The Balaban J connectivity index is 1.21. The molecule has 1 amide bonds. The van der Waals surface area contributed by atoms with E-state index in [-0.39, 0.29) is 30.1 Å². The molecule has 1 aromatic heterocycles. The molecule has 2 aromatic rings. The predicted molar refractivity (Wildman–Crippen MR) is 173 cm³/mol. The summed E-state index contributed by atoms with van der Waals surface area (Å²) in [4.78, 5) is 23.8. The number of carbonyl (C=O) groups is 1. The molecule has 6 heterocycles. The van der Waals surface area contributed by atoms with E-state index >= 15 is 0 Å². The van der Waals surface area contributed by atoms with E-state index in [9.17, 15) is 4.79 Å². The van der Waals surface area contributed by atoms with E-state index in [1.54, 1.807) is 0 Å². The lowest BCUT2D eigenvalue weighted by Crippen LogP contribution is -2.54. The minimum atomic E-state index is -0.521. The van der Waals surface area contributed by atoms with Gasteiger partial charge in [0.15, 0.2) is 0 Å². The molecule has 5 aliphatic heterocycles. The Morgan fingerprint density at radius 3 is 2.43 bits per heavy atom. The van der Waals surface area contributed by atoms with Crippen LogP contribution in [-0.4, -0.2) is 66.7 Å². The van der Waals surface area contributed by atoms with Gasteiger partial charge in [-0.25, -0.2) is 4.98 Å². The molecule has 44 heavy (non-hydrogen) atoms. The van der Waals surface area contributed by atoms with Crippen LogP contribution >= 0.6 is 0 Å². The van der Waals surface area contributed by atoms with E-state index < -0.39 is 18.3 Å². The van der Waals surface area contributed by atoms with Crippen molar-refractivity contribution in [3.63, 3.8) is 0 Å². The highest BCUT2D eigenvalue weighted by atomic mass is 16.7. The van der Waals surface area contributed by atoms with Crippen LogP contribution < -0.4 is 20.6 Å². The second-order valence-electron chi connectivity index (χ2n) is 14.6. The smallest absolute Gasteiger partial charge is 0.399 e. The van der Waals surface area contributed by atoms with Crippen molar-refractivity contribution in [2.75, 3.05) is 28.3 Å². The lowest BCUT2D eigenvalue weighted by Gasteiger charge is -2.46. The molecule has 8 rings (SSSR count). The minimum absolute atomic E-state index is 0.0429. The Bertz CT molecular complexity index is 1380. The average molecular weight is 603 g/mol. The molecule has 1 N–H and O–H groups in total. The van der Waals surface area contributed by atoms with Gasteiger partial charge >= 0.3 is 7.12 Å². The summed E-state index contributed by atoms with van der Waals surface area (Å²) in [6.07, 6.45) is 8.29. The van der Waals surface area contributed by atoms with Gasteiger partial charge in [0.1, 0.15) is 5.82 Å². The third-order valence-electron chi connectivity index (χ3n) is 10.6. The molecule has 9 nitrogen and oxygen atoms in total. The number of nitrogens with zero attached hydrogens (tertiary/aromatic N) is 3. The first-order valence-electron chi connectivity index (χ1n) is 16.6. The molecule has 1 aliphatic carbocycles. The van der Waals surface area contributed by atoms with Gasteiger partial charge in [0.05, 0.1) is 60.1 Å².